The lowest BCUT2D eigenvalue weighted by Crippen LogP contribution is -2.27. The van der Waals surface area contributed by atoms with E-state index in [0.29, 0.717) is 17.1 Å². The van der Waals surface area contributed by atoms with Gasteiger partial charge in [-0.05, 0) is 69.3 Å². The number of nitrogens with one attached hydrogen (secondary N) is 1. The van der Waals surface area contributed by atoms with Crippen molar-refractivity contribution in [3.05, 3.63) is 88.5 Å². The van der Waals surface area contributed by atoms with E-state index in [2.05, 4.69) is 21.5 Å². The number of halogens is 1. The first-order valence-electron chi connectivity index (χ1n) is 10.1. The van der Waals surface area contributed by atoms with Crippen molar-refractivity contribution in [3.8, 4) is 11.5 Å². The highest BCUT2D eigenvalue weighted by Crippen LogP contribution is 2.33. The van der Waals surface area contributed by atoms with Crippen LogP contribution in [-0.2, 0) is 4.74 Å². The molecule has 0 aromatic heterocycles. The molecule has 0 radical (unpaired) electrons. The smallest absolute Gasteiger partial charge is 0.412 e. The van der Waals surface area contributed by atoms with Crippen LogP contribution in [0.15, 0.2) is 72.8 Å². The van der Waals surface area contributed by atoms with Crippen LogP contribution in [0.25, 0.3) is 0 Å². The van der Waals surface area contributed by atoms with Crippen molar-refractivity contribution in [3.63, 3.8) is 0 Å². The van der Waals surface area contributed by atoms with Gasteiger partial charge in [-0.25, -0.2) is 8.72 Å². The quantitative estimate of drug-likeness (QED) is 0.217. The van der Waals surface area contributed by atoms with Crippen molar-refractivity contribution in [1.29, 1.82) is 0 Å². The van der Waals surface area contributed by atoms with E-state index in [-0.39, 0.29) is 17.0 Å². The second-order valence-electron chi connectivity index (χ2n) is 8.11. The standard InChI is InChI=1S/C24H22BrN3O6/c1-24(2,3)34-23(30)26-17-10-12-19(13-11-17)33-21-14-9-16(15-20(21)28(31)32)22(29)27(25)18-7-5-4-6-8-18/h4-15H,1-3H3,(H,26,30). The van der Waals surface area contributed by atoms with Crippen LogP contribution in [-0.4, -0.2) is 22.5 Å². The molecule has 0 heterocycles. The summed E-state index contributed by atoms with van der Waals surface area (Å²) in [4.78, 5) is 35.7. The molecule has 1 N–H and O–H groups in total. The molecule has 0 fully saturated rings. The van der Waals surface area contributed by atoms with Gasteiger partial charge in [-0.3, -0.25) is 20.2 Å². The second-order valence-corrected chi connectivity index (χ2v) is 8.82. The van der Waals surface area contributed by atoms with E-state index in [1.807, 2.05) is 6.07 Å². The van der Waals surface area contributed by atoms with E-state index in [0.717, 1.165) is 6.07 Å². The third kappa shape index (κ3) is 6.55. The zero-order chi connectivity index (χ0) is 24.9. The van der Waals surface area contributed by atoms with Crippen molar-refractivity contribution < 1.29 is 24.0 Å². The molecule has 0 bridgehead atoms. The predicted molar refractivity (Wildman–Crippen MR) is 132 cm³/mol. The van der Waals surface area contributed by atoms with E-state index in [9.17, 15) is 19.7 Å². The van der Waals surface area contributed by atoms with Crippen LogP contribution in [0.5, 0.6) is 11.5 Å². The van der Waals surface area contributed by atoms with Crippen LogP contribution in [0, 0.1) is 10.1 Å². The SMILES string of the molecule is CC(C)(C)OC(=O)Nc1ccc(Oc2ccc(C(=O)N(Br)c3ccccc3)cc2[N+](=O)[O-])cc1. The first kappa shape index (κ1) is 24.7. The van der Waals surface area contributed by atoms with E-state index < -0.39 is 22.5 Å². The molecule has 0 unspecified atom stereocenters. The summed E-state index contributed by atoms with van der Waals surface area (Å²) in [5.41, 5.74) is 0.158. The Bertz CT molecular complexity index is 1190. The number of anilines is 2. The van der Waals surface area contributed by atoms with E-state index in [1.54, 1.807) is 69.3 Å². The molecule has 9 nitrogen and oxygen atoms in total. The van der Waals surface area contributed by atoms with Gasteiger partial charge in [0, 0.05) is 17.3 Å². The van der Waals surface area contributed by atoms with Gasteiger partial charge in [0.2, 0.25) is 5.75 Å². The highest BCUT2D eigenvalue weighted by molar-refractivity contribution is 9.10. The summed E-state index contributed by atoms with van der Waals surface area (Å²) in [5.74, 6) is -0.197. The number of amides is 2. The maximum Gasteiger partial charge on any atom is 0.412 e. The van der Waals surface area contributed by atoms with Crippen molar-refractivity contribution in [2.24, 2.45) is 0 Å². The van der Waals surface area contributed by atoms with Crippen LogP contribution < -0.4 is 14.0 Å². The number of nitro groups is 1. The van der Waals surface area contributed by atoms with Gasteiger partial charge >= 0.3 is 11.8 Å². The number of rotatable bonds is 6. The Labute approximate surface area is 204 Å². The molecule has 3 aromatic rings. The van der Waals surface area contributed by atoms with Gasteiger partial charge in [-0.1, -0.05) is 18.2 Å². The van der Waals surface area contributed by atoms with E-state index >= 15 is 0 Å². The van der Waals surface area contributed by atoms with Crippen LogP contribution in [0.2, 0.25) is 0 Å². The van der Waals surface area contributed by atoms with Gasteiger partial charge in [-0.2, -0.15) is 0 Å². The van der Waals surface area contributed by atoms with Crippen molar-refractivity contribution in [2.45, 2.75) is 26.4 Å². The maximum atomic E-state index is 12.8. The first-order chi connectivity index (χ1) is 16.0. The van der Waals surface area contributed by atoms with Gasteiger partial charge in [0.1, 0.15) is 11.4 Å². The van der Waals surface area contributed by atoms with Crippen LogP contribution in [0.1, 0.15) is 31.1 Å². The van der Waals surface area contributed by atoms with Gasteiger partial charge < -0.3 is 9.47 Å². The number of carbonyl (C=O) groups is 2. The number of para-hydroxylation sites is 1. The predicted octanol–water partition coefficient (Wildman–Crippen LogP) is 6.69. The molecule has 3 rings (SSSR count). The fraction of sp³-hybridized carbons (Fsp3) is 0.167. The Morgan fingerprint density at radius 1 is 1.00 bits per heavy atom. The largest absolute Gasteiger partial charge is 0.450 e. The van der Waals surface area contributed by atoms with E-state index in [4.69, 9.17) is 9.47 Å². The molecular weight excluding hydrogens is 506 g/mol. The fourth-order valence-electron chi connectivity index (χ4n) is 2.82. The summed E-state index contributed by atoms with van der Waals surface area (Å²) < 4.78 is 12.1. The van der Waals surface area contributed by atoms with Gasteiger partial charge in [0.05, 0.1) is 26.8 Å². The summed E-state index contributed by atoms with van der Waals surface area (Å²) in [6.07, 6.45) is -0.603. The Morgan fingerprint density at radius 2 is 1.65 bits per heavy atom. The number of benzene rings is 3. The molecule has 10 heteroatoms. The Morgan fingerprint density at radius 3 is 2.24 bits per heavy atom. The number of carbonyl (C=O) groups excluding carboxylic acids is 2. The van der Waals surface area contributed by atoms with Crippen molar-refractivity contribution >= 4 is 45.2 Å². The highest BCUT2D eigenvalue weighted by Gasteiger charge is 2.23. The second kappa shape index (κ2) is 10.3. The molecule has 0 saturated heterocycles. The Hall–Kier alpha value is -3.92. The van der Waals surface area contributed by atoms with Crippen molar-refractivity contribution in [1.82, 2.24) is 0 Å². The maximum absolute atomic E-state index is 12.8. The minimum atomic E-state index is -0.632. The minimum absolute atomic E-state index is 0.0322. The van der Waals surface area contributed by atoms with Crippen LogP contribution in [0.3, 0.4) is 0 Å². The summed E-state index contributed by atoms with van der Waals surface area (Å²) in [6, 6.07) is 19.0. The summed E-state index contributed by atoms with van der Waals surface area (Å²) >= 11 is 3.21. The molecule has 2 amide bonds. The number of ether oxygens (including phenoxy) is 2. The third-order valence-electron chi connectivity index (χ3n) is 4.29. The average molecular weight is 528 g/mol. The normalized spacial score (nSPS) is 10.8. The summed E-state index contributed by atoms with van der Waals surface area (Å²) in [6.45, 7) is 5.27. The fourth-order valence-corrected chi connectivity index (χ4v) is 3.26. The zero-order valence-corrected chi connectivity index (χ0v) is 20.2. The van der Waals surface area contributed by atoms with Crippen LogP contribution in [0.4, 0.5) is 21.9 Å². The van der Waals surface area contributed by atoms with E-state index in [1.165, 1.54) is 16.1 Å². The molecular formula is C24H22BrN3O6. The number of nitro benzene ring substituents is 1. The zero-order valence-electron chi connectivity index (χ0n) is 18.7. The molecule has 0 spiro atoms. The first-order valence-corrected chi connectivity index (χ1v) is 10.9. The van der Waals surface area contributed by atoms with Gasteiger partial charge in [0.25, 0.3) is 5.91 Å². The molecule has 3 aromatic carbocycles. The topological polar surface area (TPSA) is 111 Å². The summed E-state index contributed by atoms with van der Waals surface area (Å²) in [5, 5.41) is 14.2. The molecule has 176 valence electrons. The number of hydrogen-bond acceptors (Lipinski definition) is 6. The average Bonchev–Trinajstić information content (AvgIpc) is 2.79. The molecule has 0 saturated carbocycles. The Balaban J connectivity index is 1.75. The number of nitrogens with zero attached hydrogens (tertiary/aromatic N) is 2. The molecule has 0 aliphatic carbocycles. The lowest BCUT2D eigenvalue weighted by atomic mass is 10.1. The third-order valence-corrected chi connectivity index (χ3v) is 5.02. The van der Waals surface area contributed by atoms with Crippen molar-refractivity contribution in [2.75, 3.05) is 9.24 Å². The Kier molecular flexibility index (Phi) is 7.52. The molecule has 0 aliphatic heterocycles. The molecule has 34 heavy (non-hydrogen) atoms. The van der Waals surface area contributed by atoms with Crippen LogP contribution >= 0.6 is 16.1 Å². The molecule has 0 atom stereocenters. The monoisotopic (exact) mass is 527 g/mol. The number of hydrogen-bond donors (Lipinski definition) is 1. The summed E-state index contributed by atoms with van der Waals surface area (Å²) in [7, 11) is 0. The van der Waals surface area contributed by atoms with Gasteiger partial charge in [-0.15, -0.1) is 0 Å². The lowest BCUT2D eigenvalue weighted by Gasteiger charge is -2.19. The highest BCUT2D eigenvalue weighted by atomic mass is 79.9. The van der Waals surface area contributed by atoms with Gasteiger partial charge in [0.15, 0.2) is 0 Å². The molecule has 0 aliphatic rings. The minimum Gasteiger partial charge on any atom is -0.450 e. The lowest BCUT2D eigenvalue weighted by molar-refractivity contribution is -0.385.